The molecule has 1 unspecified atom stereocenters. The second-order valence-electron chi connectivity index (χ2n) is 8.30. The van der Waals surface area contributed by atoms with Crippen molar-refractivity contribution in [2.24, 2.45) is 0 Å². The van der Waals surface area contributed by atoms with Gasteiger partial charge in [0.2, 0.25) is 5.66 Å². The zero-order valence-electron chi connectivity index (χ0n) is 17.3. The van der Waals surface area contributed by atoms with Gasteiger partial charge in [-0.25, -0.2) is 0 Å². The lowest BCUT2D eigenvalue weighted by atomic mass is 9.92. The molecule has 4 aromatic carbocycles. The van der Waals surface area contributed by atoms with Crippen molar-refractivity contribution in [1.29, 1.82) is 0 Å². The smallest absolute Gasteiger partial charge is 0.276 e. The molecule has 2 amide bonds. The van der Waals surface area contributed by atoms with Gasteiger partial charge in [-0.3, -0.25) is 14.5 Å². The van der Waals surface area contributed by atoms with Crippen LogP contribution >= 0.6 is 0 Å². The number of hydrogen-bond acceptors (Lipinski definition) is 4. The molecule has 0 saturated carbocycles. The Hall–Kier alpha value is -4.58. The van der Waals surface area contributed by atoms with Gasteiger partial charge in [0.05, 0.1) is 11.3 Å². The van der Waals surface area contributed by atoms with E-state index < -0.39 is 5.66 Å². The Bertz CT molecular complexity index is 1640. The van der Waals surface area contributed by atoms with Crippen molar-refractivity contribution < 1.29 is 14.0 Å². The summed E-state index contributed by atoms with van der Waals surface area (Å²) >= 11 is 0. The van der Waals surface area contributed by atoms with Gasteiger partial charge in [0.15, 0.2) is 0 Å². The fourth-order valence-corrected chi connectivity index (χ4v) is 5.06. The molecular weight excluding hydrogens is 414 g/mol. The topological polar surface area (TPSA) is 74.6 Å². The molecule has 0 bridgehead atoms. The van der Waals surface area contributed by atoms with Crippen LogP contribution in [0.3, 0.4) is 0 Å². The van der Waals surface area contributed by atoms with E-state index >= 15 is 0 Å². The Morgan fingerprint density at radius 3 is 2.36 bits per heavy atom. The maximum atomic E-state index is 13.9. The Balaban J connectivity index is 1.51. The highest BCUT2D eigenvalue weighted by molar-refractivity contribution is 6.22. The Labute approximate surface area is 188 Å². The van der Waals surface area contributed by atoms with Gasteiger partial charge in [-0.1, -0.05) is 48.5 Å². The average Bonchev–Trinajstić information content (AvgIpc) is 3.34. The number of rotatable bonds is 1. The van der Waals surface area contributed by atoms with E-state index in [-0.39, 0.29) is 11.8 Å². The monoisotopic (exact) mass is 431 g/mol. The van der Waals surface area contributed by atoms with Crippen molar-refractivity contribution in [1.82, 2.24) is 0 Å². The van der Waals surface area contributed by atoms with Crippen molar-refractivity contribution >= 4 is 50.8 Å². The van der Waals surface area contributed by atoms with Gasteiger partial charge in [0, 0.05) is 33.8 Å². The largest absolute Gasteiger partial charge is 0.456 e. The summed E-state index contributed by atoms with van der Waals surface area (Å²) < 4.78 is 6.08. The maximum Gasteiger partial charge on any atom is 0.276 e. The lowest BCUT2D eigenvalue weighted by molar-refractivity contribution is -0.119. The van der Waals surface area contributed by atoms with Gasteiger partial charge < -0.3 is 15.1 Å². The molecule has 1 atom stereocenters. The van der Waals surface area contributed by atoms with Gasteiger partial charge in [0.1, 0.15) is 11.2 Å². The standard InChI is InChI=1S/C27H17N3O3/c31-25-19-8-1-4-10-21(19)29-27(20-9-3-5-11-22(20)28-26(27)32)30(25)16-13-14-18-17-7-2-6-12-23(17)33-24(18)15-16/h1-15,29H,(H,28,32). The van der Waals surface area contributed by atoms with Gasteiger partial charge in [-0.2, -0.15) is 0 Å². The highest BCUT2D eigenvalue weighted by Crippen LogP contribution is 2.47. The van der Waals surface area contributed by atoms with E-state index in [1.54, 1.807) is 11.0 Å². The third-order valence-corrected chi connectivity index (χ3v) is 6.53. The van der Waals surface area contributed by atoms with Crippen LogP contribution in [-0.2, 0) is 10.5 Å². The molecule has 2 aliphatic heterocycles. The average molecular weight is 431 g/mol. The number of para-hydroxylation sites is 3. The highest BCUT2D eigenvalue weighted by atomic mass is 16.3. The molecular formula is C27H17N3O3. The number of anilines is 3. The number of amides is 2. The molecule has 2 N–H and O–H groups in total. The normalized spacial score (nSPS) is 19.0. The first kappa shape index (κ1) is 18.0. The van der Waals surface area contributed by atoms with Crippen LogP contribution in [0.1, 0.15) is 15.9 Å². The number of nitrogens with zero attached hydrogens (tertiary/aromatic N) is 1. The highest BCUT2D eigenvalue weighted by Gasteiger charge is 2.57. The Morgan fingerprint density at radius 1 is 0.727 bits per heavy atom. The fourth-order valence-electron chi connectivity index (χ4n) is 5.06. The molecule has 158 valence electrons. The predicted molar refractivity (Wildman–Crippen MR) is 127 cm³/mol. The summed E-state index contributed by atoms with van der Waals surface area (Å²) in [5, 5.41) is 8.31. The number of carbonyl (C=O) groups is 2. The van der Waals surface area contributed by atoms with Gasteiger partial charge >= 0.3 is 0 Å². The van der Waals surface area contributed by atoms with Crippen LogP contribution in [0.25, 0.3) is 21.9 Å². The summed E-state index contributed by atoms with van der Waals surface area (Å²) in [6, 6.07) is 28.2. The molecule has 1 spiro atoms. The molecule has 33 heavy (non-hydrogen) atoms. The summed E-state index contributed by atoms with van der Waals surface area (Å²) in [4.78, 5) is 29.0. The Kier molecular flexibility index (Phi) is 3.41. The number of benzene rings is 4. The summed E-state index contributed by atoms with van der Waals surface area (Å²) in [5.41, 5.74) is 3.08. The van der Waals surface area contributed by atoms with Crippen LogP contribution in [0.15, 0.2) is 95.4 Å². The van der Waals surface area contributed by atoms with E-state index in [9.17, 15) is 9.59 Å². The molecule has 1 aromatic heterocycles. The molecule has 7 rings (SSSR count). The first-order chi connectivity index (χ1) is 16.2. The number of fused-ring (bicyclic) bond motifs is 6. The van der Waals surface area contributed by atoms with Gasteiger partial charge in [0.25, 0.3) is 11.8 Å². The molecule has 6 heteroatoms. The van der Waals surface area contributed by atoms with E-state index in [1.165, 1.54) is 0 Å². The van der Waals surface area contributed by atoms with Crippen molar-refractivity contribution in [3.05, 3.63) is 102 Å². The van der Waals surface area contributed by atoms with Crippen LogP contribution in [0, 0.1) is 0 Å². The van der Waals surface area contributed by atoms with E-state index in [0.717, 1.165) is 16.4 Å². The van der Waals surface area contributed by atoms with E-state index in [1.807, 2.05) is 84.9 Å². The van der Waals surface area contributed by atoms with Crippen LogP contribution in [0.4, 0.5) is 17.1 Å². The number of nitrogens with one attached hydrogen (secondary N) is 2. The predicted octanol–water partition coefficient (Wildman–Crippen LogP) is 5.46. The molecule has 2 aliphatic rings. The second-order valence-corrected chi connectivity index (χ2v) is 8.30. The minimum Gasteiger partial charge on any atom is -0.456 e. The summed E-state index contributed by atoms with van der Waals surface area (Å²) in [6.45, 7) is 0. The molecule has 0 aliphatic carbocycles. The van der Waals surface area contributed by atoms with Crippen molar-refractivity contribution in [3.63, 3.8) is 0 Å². The quantitative estimate of drug-likeness (QED) is 0.369. The molecule has 0 fully saturated rings. The van der Waals surface area contributed by atoms with E-state index in [4.69, 9.17) is 4.42 Å². The molecule has 3 heterocycles. The first-order valence-electron chi connectivity index (χ1n) is 10.7. The lowest BCUT2D eigenvalue weighted by Gasteiger charge is -2.44. The third-order valence-electron chi connectivity index (χ3n) is 6.53. The zero-order chi connectivity index (χ0) is 22.2. The Morgan fingerprint density at radius 2 is 1.45 bits per heavy atom. The molecule has 6 nitrogen and oxygen atoms in total. The minimum atomic E-state index is -1.41. The van der Waals surface area contributed by atoms with Crippen molar-refractivity contribution in [2.45, 2.75) is 5.66 Å². The number of carbonyl (C=O) groups excluding carboxylic acids is 2. The summed E-state index contributed by atoms with van der Waals surface area (Å²) in [5.74, 6) is -0.567. The van der Waals surface area contributed by atoms with Crippen LogP contribution in [0.5, 0.6) is 0 Å². The maximum absolute atomic E-state index is 13.9. The third kappa shape index (κ3) is 2.27. The lowest BCUT2D eigenvalue weighted by Crippen LogP contribution is -2.61. The molecule has 5 aromatic rings. The number of furan rings is 1. The van der Waals surface area contributed by atoms with Crippen LogP contribution in [0.2, 0.25) is 0 Å². The van der Waals surface area contributed by atoms with Gasteiger partial charge in [-0.15, -0.1) is 0 Å². The second kappa shape index (κ2) is 6.23. The first-order valence-corrected chi connectivity index (χ1v) is 10.7. The number of hydrogen-bond donors (Lipinski definition) is 2. The van der Waals surface area contributed by atoms with Gasteiger partial charge in [-0.05, 0) is 36.4 Å². The molecule has 0 radical (unpaired) electrons. The van der Waals surface area contributed by atoms with Crippen molar-refractivity contribution in [3.8, 4) is 0 Å². The van der Waals surface area contributed by atoms with E-state index in [0.29, 0.717) is 33.8 Å². The molecule has 0 saturated heterocycles. The van der Waals surface area contributed by atoms with Crippen LogP contribution < -0.4 is 15.5 Å². The summed E-state index contributed by atoms with van der Waals surface area (Å²) in [6.07, 6.45) is 0. The van der Waals surface area contributed by atoms with E-state index in [2.05, 4.69) is 10.6 Å². The fraction of sp³-hybridized carbons (Fsp3) is 0.0370. The summed E-state index contributed by atoms with van der Waals surface area (Å²) in [7, 11) is 0. The zero-order valence-corrected chi connectivity index (χ0v) is 17.3. The van der Waals surface area contributed by atoms with Crippen LogP contribution in [-0.4, -0.2) is 11.8 Å². The SMILES string of the molecule is O=C1c2ccccc2NC2(C(=O)Nc3ccccc32)N1c1ccc2c(c1)oc1ccccc12. The van der Waals surface area contributed by atoms with Crippen molar-refractivity contribution in [2.75, 3.05) is 15.5 Å². The minimum absolute atomic E-state index is 0.258.